The fourth-order valence-corrected chi connectivity index (χ4v) is 1.93. The monoisotopic (exact) mass is 246 g/mol. The molecule has 0 fully saturated rings. The van der Waals surface area contributed by atoms with E-state index in [0.29, 0.717) is 0 Å². The second-order valence-electron chi connectivity index (χ2n) is 3.42. The zero-order valence-electron chi connectivity index (χ0n) is 9.63. The van der Waals surface area contributed by atoms with Crippen molar-refractivity contribution >= 4 is 11.8 Å². The van der Waals surface area contributed by atoms with Crippen LogP contribution in [0.2, 0.25) is 0 Å². The van der Waals surface area contributed by atoms with Gasteiger partial charge in [0.15, 0.2) is 5.16 Å². The van der Waals surface area contributed by atoms with Crippen molar-refractivity contribution in [2.75, 3.05) is 6.54 Å². The first-order valence-corrected chi connectivity index (χ1v) is 6.30. The van der Waals surface area contributed by atoms with Crippen LogP contribution in [0.25, 0.3) is 0 Å². The normalized spacial score (nSPS) is 10.4. The molecular formula is C12H14N4S. The summed E-state index contributed by atoms with van der Waals surface area (Å²) in [4.78, 5) is 12.7. The molecule has 0 atom stereocenters. The number of pyridine rings is 1. The largest absolute Gasteiger partial charge is 0.313 e. The Balaban J connectivity index is 1.98. The third-order valence-corrected chi connectivity index (χ3v) is 2.96. The Morgan fingerprint density at radius 1 is 1.18 bits per heavy atom. The van der Waals surface area contributed by atoms with Gasteiger partial charge < -0.3 is 5.32 Å². The number of rotatable bonds is 5. The van der Waals surface area contributed by atoms with E-state index in [1.165, 1.54) is 17.3 Å². The molecule has 0 radical (unpaired) electrons. The molecule has 0 aromatic carbocycles. The van der Waals surface area contributed by atoms with Crippen molar-refractivity contribution in [3.63, 3.8) is 0 Å². The molecule has 2 aromatic rings. The number of hydrogen-bond acceptors (Lipinski definition) is 5. The lowest BCUT2D eigenvalue weighted by Gasteiger charge is -2.02. The molecule has 2 heterocycles. The second kappa shape index (κ2) is 6.32. The minimum absolute atomic E-state index is 0.722. The van der Waals surface area contributed by atoms with Crippen LogP contribution in [0.4, 0.5) is 0 Å². The van der Waals surface area contributed by atoms with Crippen molar-refractivity contribution in [3.8, 4) is 0 Å². The highest BCUT2D eigenvalue weighted by molar-refractivity contribution is 7.99. The third kappa shape index (κ3) is 3.80. The molecule has 0 spiro atoms. The molecule has 4 nitrogen and oxygen atoms in total. The van der Waals surface area contributed by atoms with Crippen LogP contribution in [0.5, 0.6) is 0 Å². The van der Waals surface area contributed by atoms with Gasteiger partial charge in [-0.2, -0.15) is 0 Å². The first-order chi connectivity index (χ1) is 8.38. The molecule has 5 heteroatoms. The number of nitrogens with one attached hydrogen (secondary N) is 1. The van der Waals surface area contributed by atoms with Crippen molar-refractivity contribution in [2.24, 2.45) is 0 Å². The zero-order valence-corrected chi connectivity index (χ0v) is 10.4. The third-order valence-electron chi connectivity index (χ3n) is 2.11. The van der Waals surface area contributed by atoms with Crippen LogP contribution < -0.4 is 5.32 Å². The summed E-state index contributed by atoms with van der Waals surface area (Å²) >= 11 is 1.47. The van der Waals surface area contributed by atoms with Crippen LogP contribution in [0.1, 0.15) is 12.5 Å². The van der Waals surface area contributed by atoms with Gasteiger partial charge >= 0.3 is 0 Å². The molecule has 0 bridgehead atoms. The van der Waals surface area contributed by atoms with E-state index in [0.717, 1.165) is 23.3 Å². The van der Waals surface area contributed by atoms with E-state index >= 15 is 0 Å². The van der Waals surface area contributed by atoms with E-state index in [9.17, 15) is 0 Å². The van der Waals surface area contributed by atoms with Crippen LogP contribution in [0.3, 0.4) is 0 Å². The maximum absolute atomic E-state index is 4.37. The summed E-state index contributed by atoms with van der Waals surface area (Å²) in [5, 5.41) is 4.90. The molecule has 17 heavy (non-hydrogen) atoms. The Bertz CT molecular complexity index is 444. The van der Waals surface area contributed by atoms with E-state index in [1.54, 1.807) is 18.5 Å². The molecule has 1 N–H and O–H groups in total. The lowest BCUT2D eigenvalue weighted by molar-refractivity contribution is 0.723. The Labute approximate surface area is 105 Å². The van der Waals surface area contributed by atoms with Crippen LogP contribution in [0.15, 0.2) is 47.0 Å². The lowest BCUT2D eigenvalue weighted by atomic mass is 10.3. The maximum Gasteiger partial charge on any atom is 0.193 e. The summed E-state index contributed by atoms with van der Waals surface area (Å²) in [6.07, 6.45) is 5.34. The van der Waals surface area contributed by atoms with E-state index in [2.05, 4.69) is 33.3 Å². The SMILES string of the molecule is CCNCc1ccc(Sc2ncccn2)nc1. The Morgan fingerprint density at radius 2 is 2.00 bits per heavy atom. The standard InChI is InChI=1S/C12H14N4S/c1-2-13-8-10-4-5-11(16-9-10)17-12-14-6-3-7-15-12/h3-7,9,13H,2,8H2,1H3. The summed E-state index contributed by atoms with van der Waals surface area (Å²) in [7, 11) is 0. The van der Waals surface area contributed by atoms with Crippen molar-refractivity contribution in [1.29, 1.82) is 0 Å². The maximum atomic E-state index is 4.37. The first kappa shape index (κ1) is 12.0. The van der Waals surface area contributed by atoms with Gasteiger partial charge in [-0.05, 0) is 36.0 Å². The molecule has 0 aliphatic rings. The van der Waals surface area contributed by atoms with E-state index in [-0.39, 0.29) is 0 Å². The van der Waals surface area contributed by atoms with Gasteiger partial charge in [-0.25, -0.2) is 15.0 Å². The minimum atomic E-state index is 0.722. The van der Waals surface area contributed by atoms with E-state index < -0.39 is 0 Å². The van der Waals surface area contributed by atoms with Crippen molar-refractivity contribution in [1.82, 2.24) is 20.3 Å². The molecule has 2 rings (SSSR count). The molecule has 0 amide bonds. The van der Waals surface area contributed by atoms with Gasteiger partial charge in [0, 0.05) is 25.1 Å². The van der Waals surface area contributed by atoms with Crippen molar-refractivity contribution in [3.05, 3.63) is 42.4 Å². The predicted octanol–water partition coefficient (Wildman–Crippen LogP) is 2.13. The van der Waals surface area contributed by atoms with Gasteiger partial charge in [0.1, 0.15) is 5.03 Å². The molecule has 2 aromatic heterocycles. The lowest BCUT2D eigenvalue weighted by Crippen LogP contribution is -2.11. The van der Waals surface area contributed by atoms with Gasteiger partial charge in [-0.3, -0.25) is 0 Å². The summed E-state index contributed by atoms with van der Waals surface area (Å²) < 4.78 is 0. The zero-order chi connectivity index (χ0) is 11.9. The van der Waals surface area contributed by atoms with E-state index in [4.69, 9.17) is 0 Å². The molecule has 88 valence electrons. The molecule has 0 aliphatic carbocycles. The molecule has 0 saturated heterocycles. The number of hydrogen-bond donors (Lipinski definition) is 1. The van der Waals surface area contributed by atoms with Crippen LogP contribution in [-0.4, -0.2) is 21.5 Å². The fourth-order valence-electron chi connectivity index (χ4n) is 1.28. The highest BCUT2D eigenvalue weighted by Gasteiger charge is 2.00. The van der Waals surface area contributed by atoms with Gasteiger partial charge in [0.25, 0.3) is 0 Å². The van der Waals surface area contributed by atoms with Crippen molar-refractivity contribution < 1.29 is 0 Å². The summed E-state index contributed by atoms with van der Waals surface area (Å²) in [5.41, 5.74) is 1.19. The van der Waals surface area contributed by atoms with Gasteiger partial charge in [0.2, 0.25) is 0 Å². The summed E-state index contributed by atoms with van der Waals surface area (Å²) in [6, 6.07) is 5.87. The summed E-state index contributed by atoms with van der Waals surface area (Å²) in [5.74, 6) is 0. The average molecular weight is 246 g/mol. The number of aromatic nitrogens is 3. The first-order valence-electron chi connectivity index (χ1n) is 5.49. The topological polar surface area (TPSA) is 50.7 Å². The van der Waals surface area contributed by atoms with Crippen LogP contribution >= 0.6 is 11.8 Å². The highest BCUT2D eigenvalue weighted by Crippen LogP contribution is 2.21. The molecule has 0 aliphatic heterocycles. The second-order valence-corrected chi connectivity index (χ2v) is 4.41. The molecule has 0 unspecified atom stereocenters. The molecule has 0 saturated carbocycles. The smallest absolute Gasteiger partial charge is 0.193 e. The Morgan fingerprint density at radius 3 is 2.65 bits per heavy atom. The van der Waals surface area contributed by atoms with Crippen LogP contribution in [-0.2, 0) is 6.54 Å². The van der Waals surface area contributed by atoms with E-state index in [1.807, 2.05) is 12.3 Å². The minimum Gasteiger partial charge on any atom is -0.313 e. The quantitative estimate of drug-likeness (QED) is 0.819. The Hall–Kier alpha value is -1.46. The highest BCUT2D eigenvalue weighted by atomic mass is 32.2. The number of nitrogens with zero attached hydrogens (tertiary/aromatic N) is 3. The Kier molecular flexibility index (Phi) is 4.46. The van der Waals surface area contributed by atoms with Gasteiger partial charge in [-0.15, -0.1) is 0 Å². The van der Waals surface area contributed by atoms with Gasteiger partial charge in [0.05, 0.1) is 0 Å². The van der Waals surface area contributed by atoms with Crippen molar-refractivity contribution in [2.45, 2.75) is 23.7 Å². The van der Waals surface area contributed by atoms with Crippen LogP contribution in [0, 0.1) is 0 Å². The average Bonchev–Trinajstić information content (AvgIpc) is 2.39. The summed E-state index contributed by atoms with van der Waals surface area (Å²) in [6.45, 7) is 3.91. The molecular weight excluding hydrogens is 232 g/mol. The van der Waals surface area contributed by atoms with Gasteiger partial charge in [-0.1, -0.05) is 13.0 Å². The fraction of sp³-hybridized carbons (Fsp3) is 0.250. The predicted molar refractivity (Wildman–Crippen MR) is 67.8 cm³/mol.